The van der Waals surface area contributed by atoms with Gasteiger partial charge in [0.1, 0.15) is 0 Å². The number of carbonyl (C=O) groups is 1. The highest BCUT2D eigenvalue weighted by atomic mass is 16.1. The molecule has 2 rings (SSSR count). The van der Waals surface area contributed by atoms with E-state index in [4.69, 9.17) is 0 Å². The van der Waals surface area contributed by atoms with Gasteiger partial charge >= 0.3 is 0 Å². The lowest BCUT2D eigenvalue weighted by molar-refractivity contribution is 0.0950. The van der Waals surface area contributed by atoms with Crippen molar-refractivity contribution in [2.24, 2.45) is 0 Å². The highest BCUT2D eigenvalue weighted by Gasteiger charge is 2.25. The van der Waals surface area contributed by atoms with Gasteiger partial charge in [0, 0.05) is 31.4 Å². The Morgan fingerprint density at radius 1 is 1.30 bits per heavy atom. The largest absolute Gasteiger partial charge is 0.384 e. The molecule has 0 aromatic heterocycles. The van der Waals surface area contributed by atoms with Crippen LogP contribution in [0.3, 0.4) is 0 Å². The molecule has 0 spiro atoms. The number of likely N-dealkylation sites (N-methyl/N-ethyl adjacent to an activating group) is 1. The van der Waals surface area contributed by atoms with Crippen LogP contribution in [0, 0.1) is 0 Å². The molecule has 1 fully saturated rings. The molecule has 0 aliphatic heterocycles. The minimum atomic E-state index is 0.00778. The first kappa shape index (κ1) is 14.9. The third-order valence-electron chi connectivity index (χ3n) is 3.66. The van der Waals surface area contributed by atoms with E-state index in [1.165, 1.54) is 12.8 Å². The fourth-order valence-corrected chi connectivity index (χ4v) is 2.23. The molecule has 4 heteroatoms. The van der Waals surface area contributed by atoms with Gasteiger partial charge in [0.2, 0.25) is 0 Å². The van der Waals surface area contributed by atoms with Crippen LogP contribution in [0.2, 0.25) is 0 Å². The molecule has 0 heterocycles. The maximum atomic E-state index is 12.2. The van der Waals surface area contributed by atoms with Gasteiger partial charge in [0.15, 0.2) is 0 Å². The van der Waals surface area contributed by atoms with Crippen molar-refractivity contribution in [2.45, 2.75) is 32.2 Å². The molecule has 1 aromatic rings. The van der Waals surface area contributed by atoms with Crippen LogP contribution < -0.4 is 10.6 Å². The van der Waals surface area contributed by atoms with Gasteiger partial charge in [-0.15, -0.1) is 0 Å². The molecule has 4 nitrogen and oxygen atoms in total. The second kappa shape index (κ2) is 7.29. The first-order valence-corrected chi connectivity index (χ1v) is 7.53. The van der Waals surface area contributed by atoms with E-state index in [-0.39, 0.29) is 5.91 Å². The number of nitrogens with one attached hydrogen (secondary N) is 2. The first-order valence-electron chi connectivity index (χ1n) is 7.53. The van der Waals surface area contributed by atoms with Crippen molar-refractivity contribution in [3.05, 3.63) is 29.8 Å². The molecule has 0 atom stereocenters. The molecule has 0 saturated heterocycles. The van der Waals surface area contributed by atoms with E-state index >= 15 is 0 Å². The Morgan fingerprint density at radius 3 is 2.75 bits per heavy atom. The van der Waals surface area contributed by atoms with Crippen molar-refractivity contribution >= 4 is 11.6 Å². The molecule has 2 N–H and O–H groups in total. The molecule has 1 aliphatic rings. The van der Waals surface area contributed by atoms with Gasteiger partial charge in [-0.25, -0.2) is 0 Å². The Hall–Kier alpha value is -1.55. The fraction of sp³-hybridized carbons (Fsp3) is 0.562. The summed E-state index contributed by atoms with van der Waals surface area (Å²) in [6.07, 6.45) is 3.64. The first-order chi connectivity index (χ1) is 9.72. The van der Waals surface area contributed by atoms with E-state index in [0.29, 0.717) is 6.54 Å². The summed E-state index contributed by atoms with van der Waals surface area (Å²) in [5.41, 5.74) is 1.65. The van der Waals surface area contributed by atoms with Crippen LogP contribution in [0.5, 0.6) is 0 Å². The zero-order valence-electron chi connectivity index (χ0n) is 12.5. The number of rotatable bonds is 8. The summed E-state index contributed by atoms with van der Waals surface area (Å²) >= 11 is 0. The van der Waals surface area contributed by atoms with E-state index in [0.717, 1.165) is 36.8 Å². The number of anilines is 1. The van der Waals surface area contributed by atoms with Crippen molar-refractivity contribution in [3.63, 3.8) is 0 Å². The Bertz CT molecular complexity index is 443. The number of benzene rings is 1. The third-order valence-corrected chi connectivity index (χ3v) is 3.66. The van der Waals surface area contributed by atoms with Crippen molar-refractivity contribution in [3.8, 4) is 0 Å². The number of nitrogens with zero attached hydrogens (tertiary/aromatic N) is 1. The van der Waals surface area contributed by atoms with E-state index < -0.39 is 0 Å². The van der Waals surface area contributed by atoms with Crippen LogP contribution in [0.1, 0.15) is 36.5 Å². The summed E-state index contributed by atoms with van der Waals surface area (Å²) in [5.74, 6) is 0.00778. The molecular weight excluding hydrogens is 250 g/mol. The average Bonchev–Trinajstić information content (AvgIpc) is 3.29. The summed E-state index contributed by atoms with van der Waals surface area (Å²) in [5, 5.41) is 6.31. The van der Waals surface area contributed by atoms with Crippen LogP contribution >= 0.6 is 0 Å². The SMILES string of the molecule is CCCNc1ccccc1C(=O)NCCN(C)C1CC1. The molecule has 0 radical (unpaired) electrons. The predicted molar refractivity (Wildman–Crippen MR) is 83.2 cm³/mol. The minimum Gasteiger partial charge on any atom is -0.384 e. The number of para-hydroxylation sites is 1. The van der Waals surface area contributed by atoms with Gasteiger partial charge in [-0.2, -0.15) is 0 Å². The molecule has 1 saturated carbocycles. The van der Waals surface area contributed by atoms with E-state index in [9.17, 15) is 4.79 Å². The summed E-state index contributed by atoms with van der Waals surface area (Å²) < 4.78 is 0. The van der Waals surface area contributed by atoms with E-state index in [1.807, 2.05) is 24.3 Å². The lowest BCUT2D eigenvalue weighted by Crippen LogP contribution is -2.34. The molecule has 20 heavy (non-hydrogen) atoms. The van der Waals surface area contributed by atoms with Crippen molar-refractivity contribution in [2.75, 3.05) is 32.0 Å². The molecule has 1 amide bonds. The van der Waals surface area contributed by atoms with Crippen LogP contribution in [-0.2, 0) is 0 Å². The average molecular weight is 275 g/mol. The lowest BCUT2D eigenvalue weighted by atomic mass is 10.1. The Morgan fingerprint density at radius 2 is 2.05 bits per heavy atom. The van der Waals surface area contributed by atoms with Crippen LogP contribution in [-0.4, -0.2) is 43.5 Å². The Labute approximate surface area is 121 Å². The van der Waals surface area contributed by atoms with E-state index in [2.05, 4.69) is 29.5 Å². The predicted octanol–water partition coefficient (Wildman–Crippen LogP) is 2.33. The van der Waals surface area contributed by atoms with Gasteiger partial charge in [-0.05, 0) is 38.4 Å². The Kier molecular flexibility index (Phi) is 5.41. The summed E-state index contributed by atoms with van der Waals surface area (Å²) in [6, 6.07) is 8.43. The van der Waals surface area contributed by atoms with Gasteiger partial charge in [0.25, 0.3) is 5.91 Å². The molecule has 0 bridgehead atoms. The fourth-order valence-electron chi connectivity index (χ4n) is 2.23. The maximum absolute atomic E-state index is 12.2. The van der Waals surface area contributed by atoms with Crippen LogP contribution in [0.25, 0.3) is 0 Å². The van der Waals surface area contributed by atoms with Gasteiger partial charge in [0.05, 0.1) is 5.56 Å². The minimum absolute atomic E-state index is 0.00778. The highest BCUT2D eigenvalue weighted by Crippen LogP contribution is 2.24. The van der Waals surface area contributed by atoms with Crippen LogP contribution in [0.4, 0.5) is 5.69 Å². The van der Waals surface area contributed by atoms with Crippen molar-refractivity contribution in [1.29, 1.82) is 0 Å². The summed E-state index contributed by atoms with van der Waals surface area (Å²) in [7, 11) is 2.13. The van der Waals surface area contributed by atoms with Crippen molar-refractivity contribution < 1.29 is 4.79 Å². The quantitative estimate of drug-likeness (QED) is 0.765. The number of carbonyl (C=O) groups excluding carboxylic acids is 1. The second-order valence-corrected chi connectivity index (χ2v) is 5.44. The zero-order valence-corrected chi connectivity index (χ0v) is 12.5. The van der Waals surface area contributed by atoms with Gasteiger partial charge < -0.3 is 15.5 Å². The van der Waals surface area contributed by atoms with Gasteiger partial charge in [-0.1, -0.05) is 19.1 Å². The monoisotopic (exact) mass is 275 g/mol. The number of hydrogen-bond acceptors (Lipinski definition) is 3. The smallest absolute Gasteiger partial charge is 0.253 e. The zero-order chi connectivity index (χ0) is 14.4. The molecule has 0 unspecified atom stereocenters. The summed E-state index contributed by atoms with van der Waals surface area (Å²) in [4.78, 5) is 14.5. The Balaban J connectivity index is 1.84. The highest BCUT2D eigenvalue weighted by molar-refractivity contribution is 5.99. The van der Waals surface area contributed by atoms with Crippen molar-refractivity contribution in [1.82, 2.24) is 10.2 Å². The maximum Gasteiger partial charge on any atom is 0.253 e. The lowest BCUT2D eigenvalue weighted by Gasteiger charge is -2.16. The molecular formula is C16H25N3O. The van der Waals surface area contributed by atoms with E-state index in [1.54, 1.807) is 0 Å². The molecule has 1 aliphatic carbocycles. The van der Waals surface area contributed by atoms with Crippen LogP contribution in [0.15, 0.2) is 24.3 Å². The molecule has 1 aromatic carbocycles. The van der Waals surface area contributed by atoms with Gasteiger partial charge in [-0.3, -0.25) is 4.79 Å². The number of hydrogen-bond donors (Lipinski definition) is 2. The normalized spacial score (nSPS) is 14.3. The summed E-state index contributed by atoms with van der Waals surface area (Å²) in [6.45, 7) is 4.62. The second-order valence-electron chi connectivity index (χ2n) is 5.44. The third kappa shape index (κ3) is 4.23. The molecule has 110 valence electrons. The standard InChI is InChI=1S/C16H25N3O/c1-3-10-17-15-7-5-4-6-14(15)16(20)18-11-12-19(2)13-8-9-13/h4-7,13,17H,3,8-12H2,1-2H3,(H,18,20). The topological polar surface area (TPSA) is 44.4 Å². The number of amides is 1.